The molecule has 27 heavy (non-hydrogen) atoms. The van der Waals surface area contributed by atoms with Crippen LogP contribution in [-0.2, 0) is 14.3 Å². The Hall–Kier alpha value is -1.78. The molecule has 152 valence electrons. The SMILES string of the molecule is CC/C=C(/OC)C1CC1/C=C\CCCCCCC(=O)N1CCCC1C(N)=O. The normalized spacial score (nSPS) is 25.2. The molecule has 0 radical (unpaired) electrons. The van der Waals surface area contributed by atoms with Gasteiger partial charge in [-0.3, -0.25) is 9.59 Å². The Morgan fingerprint density at radius 2 is 2.00 bits per heavy atom. The summed E-state index contributed by atoms with van der Waals surface area (Å²) in [6, 6.07) is -0.375. The molecule has 2 N–H and O–H groups in total. The topological polar surface area (TPSA) is 72.6 Å². The maximum Gasteiger partial charge on any atom is 0.240 e. The molecule has 1 saturated heterocycles. The summed E-state index contributed by atoms with van der Waals surface area (Å²) in [4.78, 5) is 25.3. The number of carbonyl (C=O) groups excluding carboxylic acids is 2. The minimum Gasteiger partial charge on any atom is -0.501 e. The van der Waals surface area contributed by atoms with Gasteiger partial charge in [0.2, 0.25) is 11.8 Å². The van der Waals surface area contributed by atoms with Crippen LogP contribution in [0, 0.1) is 11.8 Å². The minimum atomic E-state index is -0.375. The van der Waals surface area contributed by atoms with Crippen LogP contribution in [-0.4, -0.2) is 36.4 Å². The van der Waals surface area contributed by atoms with E-state index >= 15 is 0 Å². The molecule has 1 heterocycles. The van der Waals surface area contributed by atoms with Crippen LogP contribution in [0.5, 0.6) is 0 Å². The van der Waals surface area contributed by atoms with Crippen molar-refractivity contribution in [1.29, 1.82) is 0 Å². The van der Waals surface area contributed by atoms with Gasteiger partial charge in [-0.1, -0.05) is 31.9 Å². The van der Waals surface area contributed by atoms with Gasteiger partial charge in [-0.25, -0.2) is 0 Å². The first-order chi connectivity index (χ1) is 13.1. The highest BCUT2D eigenvalue weighted by Gasteiger charge is 2.38. The van der Waals surface area contributed by atoms with Crippen LogP contribution in [0.3, 0.4) is 0 Å². The van der Waals surface area contributed by atoms with Crippen molar-refractivity contribution in [3.05, 3.63) is 24.0 Å². The van der Waals surface area contributed by atoms with Crippen LogP contribution in [0.25, 0.3) is 0 Å². The molecule has 0 aromatic rings. The van der Waals surface area contributed by atoms with Crippen LogP contribution in [0.4, 0.5) is 0 Å². The molecule has 1 aliphatic carbocycles. The van der Waals surface area contributed by atoms with Gasteiger partial charge in [-0.15, -0.1) is 0 Å². The quantitative estimate of drug-likeness (QED) is 0.319. The van der Waals surface area contributed by atoms with E-state index in [2.05, 4.69) is 25.2 Å². The number of nitrogens with zero attached hydrogens (tertiary/aromatic N) is 1. The van der Waals surface area contributed by atoms with Crippen LogP contribution in [0.1, 0.15) is 71.1 Å². The number of amides is 2. The number of carbonyl (C=O) groups is 2. The summed E-state index contributed by atoms with van der Waals surface area (Å²) in [5.41, 5.74) is 5.37. The first kappa shape index (κ1) is 21.5. The number of allylic oxidation sites excluding steroid dienone is 4. The van der Waals surface area contributed by atoms with E-state index in [4.69, 9.17) is 10.5 Å². The third kappa shape index (κ3) is 6.71. The molecule has 2 rings (SSSR count). The van der Waals surface area contributed by atoms with E-state index in [1.165, 1.54) is 6.42 Å². The summed E-state index contributed by atoms with van der Waals surface area (Å²) in [7, 11) is 1.77. The number of primary amides is 1. The Morgan fingerprint density at radius 1 is 1.22 bits per heavy atom. The van der Waals surface area contributed by atoms with Crippen LogP contribution in [0.2, 0.25) is 0 Å². The lowest BCUT2D eigenvalue weighted by Crippen LogP contribution is -2.43. The van der Waals surface area contributed by atoms with Crippen molar-refractivity contribution in [3.63, 3.8) is 0 Å². The summed E-state index contributed by atoms with van der Waals surface area (Å²) in [5.74, 6) is 2.11. The molecule has 1 saturated carbocycles. The Morgan fingerprint density at radius 3 is 2.70 bits per heavy atom. The number of rotatable bonds is 12. The zero-order valence-corrected chi connectivity index (χ0v) is 17.0. The van der Waals surface area contributed by atoms with Gasteiger partial charge in [0.1, 0.15) is 6.04 Å². The van der Waals surface area contributed by atoms with Gasteiger partial charge in [-0.05, 0) is 56.9 Å². The van der Waals surface area contributed by atoms with Crippen molar-refractivity contribution in [3.8, 4) is 0 Å². The first-order valence-electron chi connectivity index (χ1n) is 10.6. The van der Waals surface area contributed by atoms with Crippen molar-refractivity contribution in [2.75, 3.05) is 13.7 Å². The third-order valence-electron chi connectivity index (χ3n) is 5.64. The monoisotopic (exact) mass is 376 g/mol. The van der Waals surface area contributed by atoms with Gasteiger partial charge in [0.05, 0.1) is 12.9 Å². The van der Waals surface area contributed by atoms with Gasteiger partial charge in [0.25, 0.3) is 0 Å². The predicted octanol–water partition coefficient (Wildman–Crippen LogP) is 3.94. The summed E-state index contributed by atoms with van der Waals surface area (Å²) in [6.45, 7) is 2.82. The van der Waals surface area contributed by atoms with Gasteiger partial charge >= 0.3 is 0 Å². The molecule has 3 atom stereocenters. The standard InChI is InChI=1S/C22H36N2O3/c1-3-11-20(27-2)18-16-17(18)12-8-6-4-5-7-9-14-21(25)24-15-10-13-19(24)22(23)26/h8,11-12,17-19H,3-7,9-10,13-16H2,1-2H3,(H2,23,26)/b12-8-,20-11+. The van der Waals surface area contributed by atoms with E-state index in [-0.39, 0.29) is 17.9 Å². The molecule has 0 aromatic heterocycles. The fraction of sp³-hybridized carbons (Fsp3) is 0.727. The maximum atomic E-state index is 12.2. The molecule has 0 spiro atoms. The fourth-order valence-corrected chi connectivity index (χ4v) is 4.01. The summed E-state index contributed by atoms with van der Waals surface area (Å²) < 4.78 is 5.46. The highest BCUT2D eigenvalue weighted by Crippen LogP contribution is 2.45. The van der Waals surface area contributed by atoms with Crippen LogP contribution >= 0.6 is 0 Å². The van der Waals surface area contributed by atoms with E-state index in [1.807, 2.05) is 0 Å². The van der Waals surface area contributed by atoms with Crippen molar-refractivity contribution >= 4 is 11.8 Å². The molecule has 5 heteroatoms. The highest BCUT2D eigenvalue weighted by molar-refractivity contribution is 5.87. The number of nitrogens with two attached hydrogens (primary N) is 1. The molecule has 1 aliphatic heterocycles. The number of unbranched alkanes of at least 4 members (excludes halogenated alkanes) is 4. The average Bonchev–Trinajstić information content (AvgIpc) is 3.23. The predicted molar refractivity (Wildman–Crippen MR) is 108 cm³/mol. The Bertz CT molecular complexity index is 556. The largest absolute Gasteiger partial charge is 0.501 e. The lowest BCUT2D eigenvalue weighted by Gasteiger charge is -2.22. The third-order valence-corrected chi connectivity index (χ3v) is 5.64. The molecule has 2 amide bonds. The van der Waals surface area contributed by atoms with Gasteiger partial charge in [-0.2, -0.15) is 0 Å². The Labute approximate surface area is 164 Å². The maximum absolute atomic E-state index is 12.2. The summed E-state index contributed by atoms with van der Waals surface area (Å²) >= 11 is 0. The molecule has 3 unspecified atom stereocenters. The van der Waals surface area contributed by atoms with Crippen molar-refractivity contribution in [2.24, 2.45) is 17.6 Å². The lowest BCUT2D eigenvalue weighted by atomic mass is 10.1. The van der Waals surface area contributed by atoms with Gasteiger partial charge < -0.3 is 15.4 Å². The van der Waals surface area contributed by atoms with Crippen molar-refractivity contribution in [2.45, 2.75) is 77.2 Å². The number of ether oxygens (including phenoxy) is 1. The second-order valence-corrected chi connectivity index (χ2v) is 7.75. The number of methoxy groups -OCH3 is 1. The minimum absolute atomic E-state index is 0.0880. The zero-order valence-electron chi connectivity index (χ0n) is 17.0. The smallest absolute Gasteiger partial charge is 0.240 e. The molecule has 2 fully saturated rings. The van der Waals surface area contributed by atoms with E-state index in [0.717, 1.165) is 57.1 Å². The average molecular weight is 377 g/mol. The molecule has 0 bridgehead atoms. The summed E-state index contributed by atoms with van der Waals surface area (Å²) in [6.07, 6.45) is 16.6. The number of hydrogen-bond acceptors (Lipinski definition) is 3. The molecule has 5 nitrogen and oxygen atoms in total. The Balaban J connectivity index is 1.51. The lowest BCUT2D eigenvalue weighted by molar-refractivity contribution is -0.137. The van der Waals surface area contributed by atoms with Crippen LogP contribution in [0.15, 0.2) is 24.0 Å². The summed E-state index contributed by atoms with van der Waals surface area (Å²) in [5, 5.41) is 0. The van der Waals surface area contributed by atoms with Crippen molar-refractivity contribution in [1.82, 2.24) is 4.90 Å². The van der Waals surface area contributed by atoms with Gasteiger partial charge in [0.15, 0.2) is 0 Å². The highest BCUT2D eigenvalue weighted by atomic mass is 16.5. The molecule has 0 aromatic carbocycles. The number of hydrogen-bond donors (Lipinski definition) is 1. The van der Waals surface area contributed by atoms with E-state index in [0.29, 0.717) is 24.8 Å². The zero-order chi connectivity index (χ0) is 19.6. The second kappa shape index (κ2) is 11.2. The van der Waals surface area contributed by atoms with Crippen molar-refractivity contribution < 1.29 is 14.3 Å². The van der Waals surface area contributed by atoms with E-state index in [1.54, 1.807) is 12.0 Å². The molecular weight excluding hydrogens is 340 g/mol. The van der Waals surface area contributed by atoms with E-state index < -0.39 is 0 Å². The Kier molecular flexibility index (Phi) is 8.89. The second-order valence-electron chi connectivity index (χ2n) is 7.75. The fourth-order valence-electron chi connectivity index (χ4n) is 4.01. The first-order valence-corrected chi connectivity index (χ1v) is 10.6. The van der Waals surface area contributed by atoms with Gasteiger partial charge in [0, 0.05) is 18.9 Å². The molecular formula is C22H36N2O3. The number of likely N-dealkylation sites (tertiary alicyclic amines) is 1. The van der Waals surface area contributed by atoms with E-state index in [9.17, 15) is 9.59 Å². The molecule has 2 aliphatic rings. The van der Waals surface area contributed by atoms with Crippen LogP contribution < -0.4 is 5.73 Å².